The van der Waals surface area contributed by atoms with Crippen LogP contribution in [0.2, 0.25) is 5.02 Å². The first-order chi connectivity index (χ1) is 22.5. The molecular formula is C34H32ClN7O5. The number of likely N-dealkylation sites (N-methyl/N-ethyl adjacent to an activating group) is 1. The summed E-state index contributed by atoms with van der Waals surface area (Å²) in [6.45, 7) is 2.75. The van der Waals surface area contributed by atoms with Crippen LogP contribution in [0.15, 0.2) is 59.5 Å². The number of methoxy groups -OCH3 is 1. The Morgan fingerprint density at radius 2 is 1.79 bits per heavy atom. The number of amides is 4. The minimum atomic E-state index is -0.864. The molecule has 1 aliphatic carbocycles. The second-order valence-electron chi connectivity index (χ2n) is 12.2. The fraction of sp³-hybridized carbons (Fsp3) is 0.294. The first kappa shape index (κ1) is 30.6. The van der Waals surface area contributed by atoms with Crippen molar-refractivity contribution >= 4 is 35.1 Å². The molecule has 240 valence electrons. The summed E-state index contributed by atoms with van der Waals surface area (Å²) in [5.74, 6) is -0.222. The van der Waals surface area contributed by atoms with Gasteiger partial charge in [-0.2, -0.15) is 5.10 Å². The van der Waals surface area contributed by atoms with Gasteiger partial charge in [-0.3, -0.25) is 24.2 Å². The Morgan fingerprint density at radius 1 is 1.06 bits per heavy atom. The monoisotopic (exact) mass is 653 g/mol. The van der Waals surface area contributed by atoms with E-state index in [1.54, 1.807) is 13.2 Å². The second-order valence-corrected chi connectivity index (χ2v) is 12.6. The van der Waals surface area contributed by atoms with Gasteiger partial charge in [0, 0.05) is 61.8 Å². The van der Waals surface area contributed by atoms with Gasteiger partial charge in [0.15, 0.2) is 0 Å². The number of carbonyl (C=O) groups is 3. The number of likely N-dealkylation sites (tertiary alicyclic amines) is 1. The number of nitrogens with zero attached hydrogens (tertiary/aromatic N) is 5. The van der Waals surface area contributed by atoms with Crippen LogP contribution in [0.5, 0.6) is 5.88 Å². The lowest BCUT2D eigenvalue weighted by Gasteiger charge is -2.48. The summed E-state index contributed by atoms with van der Waals surface area (Å²) in [4.78, 5) is 58.5. The zero-order valence-corrected chi connectivity index (χ0v) is 27.0. The van der Waals surface area contributed by atoms with Crippen LogP contribution in [-0.2, 0) is 18.3 Å². The first-order valence-corrected chi connectivity index (χ1v) is 15.6. The molecule has 2 aromatic heterocycles. The highest BCUT2D eigenvalue weighted by Gasteiger charge is 2.59. The van der Waals surface area contributed by atoms with E-state index in [0.717, 1.165) is 55.8 Å². The van der Waals surface area contributed by atoms with Crippen molar-refractivity contribution in [2.45, 2.75) is 31.3 Å². The molecule has 2 aliphatic heterocycles. The van der Waals surface area contributed by atoms with Gasteiger partial charge in [0.05, 0.1) is 17.8 Å². The van der Waals surface area contributed by atoms with Crippen LogP contribution < -0.4 is 20.9 Å². The number of fused-ring (bicyclic) bond motifs is 1. The lowest BCUT2D eigenvalue weighted by atomic mass is 9.87. The van der Waals surface area contributed by atoms with Crippen molar-refractivity contribution < 1.29 is 19.1 Å². The van der Waals surface area contributed by atoms with Gasteiger partial charge in [0.2, 0.25) is 5.88 Å². The number of anilines is 1. The summed E-state index contributed by atoms with van der Waals surface area (Å²) < 4.78 is 6.94. The number of hydrogen-bond donors (Lipinski definition) is 2. The smallest absolute Gasteiger partial charge is 0.324 e. The normalized spacial score (nSPS) is 18.2. The molecule has 0 saturated carbocycles. The topological polar surface area (TPSA) is 139 Å². The number of pyridine rings is 1. The number of hydrogen-bond acceptors (Lipinski definition) is 8. The quantitative estimate of drug-likeness (QED) is 0.298. The van der Waals surface area contributed by atoms with Gasteiger partial charge >= 0.3 is 6.03 Å². The minimum absolute atomic E-state index is 0.00813. The molecule has 2 saturated heterocycles. The molecular weight excluding hydrogens is 622 g/mol. The van der Waals surface area contributed by atoms with Crippen molar-refractivity contribution in [2.24, 2.45) is 7.05 Å². The summed E-state index contributed by atoms with van der Waals surface area (Å²) in [7, 11) is 4.59. The number of urea groups is 1. The number of nitrogens with one attached hydrogen (secondary N) is 2. The maximum Gasteiger partial charge on any atom is 0.324 e. The predicted molar refractivity (Wildman–Crippen MR) is 176 cm³/mol. The van der Waals surface area contributed by atoms with E-state index in [2.05, 4.69) is 20.6 Å². The highest BCUT2D eigenvalue weighted by atomic mass is 35.5. The molecule has 2 N–H and O–H groups in total. The lowest BCUT2D eigenvalue weighted by Crippen LogP contribution is -2.71. The van der Waals surface area contributed by atoms with Crippen molar-refractivity contribution in [1.29, 1.82) is 0 Å². The molecule has 2 aromatic carbocycles. The average Bonchev–Trinajstić information content (AvgIpc) is 3.56. The number of halogens is 1. The van der Waals surface area contributed by atoms with E-state index < -0.39 is 17.0 Å². The molecule has 47 heavy (non-hydrogen) atoms. The number of aryl methyl sites for hydroxylation is 2. The van der Waals surface area contributed by atoms with E-state index in [0.29, 0.717) is 35.4 Å². The second kappa shape index (κ2) is 11.3. The van der Waals surface area contributed by atoms with Crippen molar-refractivity contribution in [3.05, 3.63) is 92.4 Å². The first-order valence-electron chi connectivity index (χ1n) is 15.2. The number of rotatable bonds is 6. The van der Waals surface area contributed by atoms with Gasteiger partial charge in [-0.15, -0.1) is 0 Å². The Hall–Kier alpha value is -5.07. The van der Waals surface area contributed by atoms with E-state index >= 15 is 0 Å². The van der Waals surface area contributed by atoms with Crippen LogP contribution in [0.3, 0.4) is 0 Å². The largest absolute Gasteiger partial charge is 0.481 e. The Kier molecular flexibility index (Phi) is 7.36. The summed E-state index contributed by atoms with van der Waals surface area (Å²) in [5, 5.41) is 10.1. The molecule has 0 radical (unpaired) electrons. The number of aromatic nitrogens is 3. The molecule has 7 rings (SSSR count). The fourth-order valence-electron chi connectivity index (χ4n) is 6.95. The summed E-state index contributed by atoms with van der Waals surface area (Å²) in [5.41, 5.74) is 5.04. The Balaban J connectivity index is 1.18. The van der Waals surface area contributed by atoms with Crippen LogP contribution in [0.25, 0.3) is 22.4 Å². The zero-order valence-electron chi connectivity index (χ0n) is 26.3. The summed E-state index contributed by atoms with van der Waals surface area (Å²) >= 11 is 7.11. The Bertz CT molecular complexity index is 2060. The van der Waals surface area contributed by atoms with E-state index in [1.807, 2.05) is 43.3 Å². The lowest BCUT2D eigenvalue weighted by molar-refractivity contribution is -0.137. The highest BCUT2D eigenvalue weighted by Crippen LogP contribution is 2.47. The number of benzene rings is 2. The van der Waals surface area contributed by atoms with E-state index in [-0.39, 0.29) is 23.5 Å². The summed E-state index contributed by atoms with van der Waals surface area (Å²) in [6.07, 6.45) is 3.04. The highest BCUT2D eigenvalue weighted by molar-refractivity contribution is 6.36. The van der Waals surface area contributed by atoms with Gasteiger partial charge in [-0.25, -0.2) is 14.5 Å². The molecule has 0 bridgehead atoms. The predicted octanol–water partition coefficient (Wildman–Crippen LogP) is 3.96. The molecule has 1 atom stereocenters. The number of carbonyl (C=O) groups excluding carboxylic acids is 3. The minimum Gasteiger partial charge on any atom is -0.481 e. The van der Waals surface area contributed by atoms with E-state index in [1.165, 1.54) is 26.4 Å². The molecule has 4 aromatic rings. The molecule has 4 heterocycles. The van der Waals surface area contributed by atoms with Gasteiger partial charge in [0.25, 0.3) is 17.4 Å². The third-order valence-corrected chi connectivity index (χ3v) is 9.88. The Morgan fingerprint density at radius 3 is 2.51 bits per heavy atom. The van der Waals surface area contributed by atoms with Gasteiger partial charge in [0.1, 0.15) is 11.1 Å². The summed E-state index contributed by atoms with van der Waals surface area (Å²) in [6, 6.07) is 14.4. The SMILES string of the molecule is COc1nc(-c2cccc(-c3cccc(NC(=O)c4ccnn(C)c4=O)c3C)c2Cl)cc2c1[C@@H](N1CC3(C1)NC(=O)N(C)C3=O)CC2. The molecule has 0 unspecified atom stereocenters. The van der Waals surface area contributed by atoms with Gasteiger partial charge in [-0.1, -0.05) is 41.9 Å². The van der Waals surface area contributed by atoms with Crippen LogP contribution in [0.1, 0.15) is 39.5 Å². The molecule has 2 fully saturated rings. The number of ether oxygens (including phenoxy) is 1. The third kappa shape index (κ3) is 4.86. The Labute approximate surface area is 275 Å². The fourth-order valence-corrected chi connectivity index (χ4v) is 7.27. The van der Waals surface area contributed by atoms with Crippen LogP contribution in [-0.4, -0.2) is 75.2 Å². The molecule has 1 spiro atoms. The van der Waals surface area contributed by atoms with Crippen LogP contribution >= 0.6 is 11.6 Å². The molecule has 13 heteroatoms. The maximum absolute atomic E-state index is 13.0. The molecule has 4 amide bonds. The van der Waals surface area contributed by atoms with Crippen LogP contribution in [0, 0.1) is 6.92 Å². The molecule has 3 aliphatic rings. The third-order valence-electron chi connectivity index (χ3n) is 9.47. The average molecular weight is 654 g/mol. The standard InChI is InChI=1S/C34H32ClN7O5/c1-18-20(7-6-10-24(18)37-29(43)23-13-14-36-41(3)31(23)44)21-8-5-9-22(28(21)35)25-15-19-11-12-26(27(19)30(38-25)47-4)42-16-34(17-42)32(45)40(2)33(46)39-34/h5-10,13-15,26H,11-12,16-17H2,1-4H3,(H,37,43)(H,39,46)/t26-/m0/s1. The van der Waals surface area contributed by atoms with Crippen molar-refractivity contribution in [3.8, 4) is 28.3 Å². The van der Waals surface area contributed by atoms with Crippen LogP contribution in [0.4, 0.5) is 10.5 Å². The zero-order chi connectivity index (χ0) is 33.2. The van der Waals surface area contributed by atoms with Gasteiger partial charge < -0.3 is 15.4 Å². The number of imide groups is 1. The molecule has 12 nitrogen and oxygen atoms in total. The van der Waals surface area contributed by atoms with E-state index in [4.69, 9.17) is 21.3 Å². The van der Waals surface area contributed by atoms with Crippen molar-refractivity contribution in [2.75, 3.05) is 32.6 Å². The van der Waals surface area contributed by atoms with Gasteiger partial charge in [-0.05, 0) is 54.7 Å². The van der Waals surface area contributed by atoms with E-state index in [9.17, 15) is 19.2 Å². The maximum atomic E-state index is 13.0. The van der Waals surface area contributed by atoms with Crippen molar-refractivity contribution in [1.82, 2.24) is 29.9 Å². The van der Waals surface area contributed by atoms with Crippen molar-refractivity contribution in [3.63, 3.8) is 0 Å².